The number of rotatable bonds is 5. The Hall–Kier alpha value is -2.12. The summed E-state index contributed by atoms with van der Waals surface area (Å²) in [6, 6.07) is 0.780. The standard InChI is InChI=1S/C23H36BrN5O6S/c1-22(2,3)29(21(31)32)17-8-10-28(14-17)36(33,34)18-11-15(24)12-25-19(18)27-9-7-16(13-27)26-20(30)35-23(4,5)6/h11-12,16-17H,7-10,13-14H2,1-6H3,(H,26,30)(H,31,32)/p-1/t16-,17-/m0/s1. The minimum absolute atomic E-state index is 0.0301. The van der Waals surface area contributed by atoms with E-state index in [-0.39, 0.29) is 24.0 Å². The third-order valence-corrected chi connectivity index (χ3v) is 8.34. The van der Waals surface area contributed by atoms with Gasteiger partial charge in [-0.2, -0.15) is 4.31 Å². The van der Waals surface area contributed by atoms with E-state index in [0.717, 1.165) is 0 Å². The number of sulfonamides is 1. The molecule has 2 amide bonds. The number of nitrogens with zero attached hydrogens (tertiary/aromatic N) is 4. The van der Waals surface area contributed by atoms with Gasteiger partial charge in [0.2, 0.25) is 10.0 Å². The summed E-state index contributed by atoms with van der Waals surface area (Å²) in [7, 11) is -3.98. The topological polar surface area (TPSA) is 135 Å². The average Bonchev–Trinajstić information content (AvgIpc) is 3.35. The molecule has 0 saturated carbocycles. The first-order valence-electron chi connectivity index (χ1n) is 11.9. The second-order valence-electron chi connectivity index (χ2n) is 11.2. The Labute approximate surface area is 221 Å². The molecule has 3 heterocycles. The van der Waals surface area contributed by atoms with Gasteiger partial charge in [-0.15, -0.1) is 0 Å². The number of ether oxygens (including phenoxy) is 1. The number of carbonyl (C=O) groups is 2. The number of halogens is 1. The van der Waals surface area contributed by atoms with Crippen LogP contribution in [0.3, 0.4) is 0 Å². The zero-order valence-corrected chi connectivity index (χ0v) is 24.0. The van der Waals surface area contributed by atoms with Gasteiger partial charge >= 0.3 is 6.09 Å². The number of hydrogen-bond donors (Lipinski definition) is 1. The first kappa shape index (κ1) is 28.5. The lowest BCUT2D eigenvalue weighted by Crippen LogP contribution is -2.57. The van der Waals surface area contributed by atoms with Crippen LogP contribution in [0.4, 0.5) is 15.4 Å². The molecule has 2 atom stereocenters. The Morgan fingerprint density at radius 3 is 2.42 bits per heavy atom. The van der Waals surface area contributed by atoms with Crippen molar-refractivity contribution in [2.75, 3.05) is 31.1 Å². The Morgan fingerprint density at radius 2 is 1.83 bits per heavy atom. The molecule has 2 saturated heterocycles. The van der Waals surface area contributed by atoms with Crippen LogP contribution in [0.2, 0.25) is 0 Å². The monoisotopic (exact) mass is 588 g/mol. The maximum Gasteiger partial charge on any atom is 0.407 e. The lowest BCUT2D eigenvalue weighted by molar-refractivity contribution is -0.273. The minimum atomic E-state index is -3.98. The SMILES string of the molecule is CC(C)(C)OC(=O)N[C@H]1CCN(c2ncc(Br)cc2S(=O)(=O)N2CC[C@H](N(C(=O)[O-])C(C)(C)C)C2)C1. The van der Waals surface area contributed by atoms with E-state index in [4.69, 9.17) is 4.74 Å². The summed E-state index contributed by atoms with van der Waals surface area (Å²) < 4.78 is 34.6. The maximum absolute atomic E-state index is 13.7. The van der Waals surface area contributed by atoms with Crippen molar-refractivity contribution < 1.29 is 27.9 Å². The molecular weight excluding hydrogens is 554 g/mol. The van der Waals surface area contributed by atoms with E-state index >= 15 is 0 Å². The van der Waals surface area contributed by atoms with Crippen LogP contribution in [0.1, 0.15) is 54.4 Å². The first-order chi connectivity index (χ1) is 16.5. The number of aromatic nitrogens is 1. The van der Waals surface area contributed by atoms with E-state index in [0.29, 0.717) is 36.2 Å². The second kappa shape index (κ2) is 10.3. The van der Waals surface area contributed by atoms with Crippen LogP contribution in [0, 0.1) is 0 Å². The van der Waals surface area contributed by atoms with Gasteiger partial charge in [-0.05, 0) is 76.4 Å². The maximum atomic E-state index is 13.7. The zero-order chi connectivity index (χ0) is 27.1. The predicted octanol–water partition coefficient (Wildman–Crippen LogP) is 2.15. The van der Waals surface area contributed by atoms with Crippen molar-refractivity contribution in [2.24, 2.45) is 0 Å². The smallest absolute Gasteiger partial charge is 0.407 e. The zero-order valence-electron chi connectivity index (χ0n) is 21.6. The van der Waals surface area contributed by atoms with Gasteiger partial charge in [0.1, 0.15) is 22.4 Å². The number of carbonyl (C=O) groups excluding carboxylic acids is 2. The van der Waals surface area contributed by atoms with Crippen LogP contribution < -0.4 is 15.3 Å². The number of nitrogens with one attached hydrogen (secondary N) is 1. The molecule has 13 heteroatoms. The van der Waals surface area contributed by atoms with Gasteiger partial charge in [0.15, 0.2) is 0 Å². The normalized spacial score (nSPS) is 21.5. The fourth-order valence-corrected chi connectivity index (χ4v) is 6.80. The highest BCUT2D eigenvalue weighted by Crippen LogP contribution is 2.34. The largest absolute Gasteiger partial charge is 0.530 e. The van der Waals surface area contributed by atoms with Crippen LogP contribution in [-0.4, -0.2) is 84.2 Å². The molecule has 0 unspecified atom stereocenters. The Morgan fingerprint density at radius 1 is 1.17 bits per heavy atom. The Balaban J connectivity index is 1.80. The van der Waals surface area contributed by atoms with Crippen LogP contribution in [0.5, 0.6) is 0 Å². The molecule has 36 heavy (non-hydrogen) atoms. The highest BCUT2D eigenvalue weighted by atomic mass is 79.9. The third kappa shape index (κ3) is 6.60. The van der Waals surface area contributed by atoms with E-state index in [1.165, 1.54) is 21.5 Å². The second-order valence-corrected chi connectivity index (χ2v) is 14.0. The van der Waals surface area contributed by atoms with Gasteiger partial charge in [0.05, 0.1) is 6.04 Å². The molecule has 2 fully saturated rings. The molecule has 0 radical (unpaired) electrons. The summed E-state index contributed by atoms with van der Waals surface area (Å²) in [6.45, 7) is 11.7. The molecule has 0 aromatic carbocycles. The van der Waals surface area contributed by atoms with E-state index in [1.54, 1.807) is 41.5 Å². The van der Waals surface area contributed by atoms with Crippen LogP contribution in [-0.2, 0) is 14.8 Å². The van der Waals surface area contributed by atoms with Gasteiger partial charge in [-0.3, -0.25) is 0 Å². The number of hydrogen-bond acceptors (Lipinski definition) is 8. The summed E-state index contributed by atoms with van der Waals surface area (Å²) in [4.78, 5) is 31.5. The molecule has 1 aromatic rings. The number of anilines is 1. The quantitative estimate of drug-likeness (QED) is 0.552. The molecule has 1 N–H and O–H groups in total. The summed E-state index contributed by atoms with van der Waals surface area (Å²) in [5, 5.41) is 14.6. The number of amides is 2. The van der Waals surface area contributed by atoms with E-state index in [2.05, 4.69) is 26.2 Å². The molecule has 11 nitrogen and oxygen atoms in total. The van der Waals surface area contributed by atoms with Crippen molar-refractivity contribution in [3.05, 3.63) is 16.7 Å². The van der Waals surface area contributed by atoms with E-state index in [1.807, 2.05) is 4.90 Å². The Bertz CT molecular complexity index is 1100. The fourth-order valence-electron chi connectivity index (χ4n) is 4.63. The lowest BCUT2D eigenvalue weighted by atomic mass is 10.0. The highest BCUT2D eigenvalue weighted by molar-refractivity contribution is 9.10. The molecule has 1 aromatic heterocycles. The summed E-state index contributed by atoms with van der Waals surface area (Å²) in [5.41, 5.74) is -1.35. The van der Waals surface area contributed by atoms with Crippen LogP contribution >= 0.6 is 15.9 Å². The number of pyridine rings is 1. The van der Waals surface area contributed by atoms with Gasteiger partial charge in [-0.1, -0.05) is 0 Å². The number of alkyl carbamates (subject to hydrolysis) is 1. The molecule has 2 aliphatic heterocycles. The summed E-state index contributed by atoms with van der Waals surface area (Å²) in [6.07, 6.45) is 0.664. The van der Waals surface area contributed by atoms with Crippen LogP contribution in [0.15, 0.2) is 21.6 Å². The molecule has 2 aliphatic rings. The highest BCUT2D eigenvalue weighted by Gasteiger charge is 2.41. The molecule has 0 aliphatic carbocycles. The van der Waals surface area contributed by atoms with E-state index in [9.17, 15) is 23.1 Å². The van der Waals surface area contributed by atoms with Crippen molar-refractivity contribution in [3.8, 4) is 0 Å². The van der Waals surface area contributed by atoms with Crippen molar-refractivity contribution in [1.29, 1.82) is 0 Å². The first-order valence-corrected chi connectivity index (χ1v) is 14.1. The Kier molecular flexibility index (Phi) is 8.16. The fraction of sp³-hybridized carbons (Fsp3) is 0.696. The van der Waals surface area contributed by atoms with E-state index < -0.39 is 39.4 Å². The average molecular weight is 590 g/mol. The van der Waals surface area contributed by atoms with Gasteiger partial charge in [0, 0.05) is 48.4 Å². The minimum Gasteiger partial charge on any atom is -0.530 e. The third-order valence-electron chi connectivity index (χ3n) is 6.04. The van der Waals surface area contributed by atoms with Crippen molar-refractivity contribution in [2.45, 2.75) is 82.5 Å². The molecular formula is C23H35BrN5O6S-. The van der Waals surface area contributed by atoms with Crippen molar-refractivity contribution >= 4 is 44.0 Å². The van der Waals surface area contributed by atoms with Gasteiger partial charge in [0.25, 0.3) is 0 Å². The molecule has 3 rings (SSSR count). The summed E-state index contributed by atoms with van der Waals surface area (Å²) >= 11 is 3.33. The van der Waals surface area contributed by atoms with Crippen molar-refractivity contribution in [3.63, 3.8) is 0 Å². The molecule has 0 bridgehead atoms. The summed E-state index contributed by atoms with van der Waals surface area (Å²) in [5.74, 6) is 0.294. The molecule has 202 valence electrons. The predicted molar refractivity (Wildman–Crippen MR) is 136 cm³/mol. The van der Waals surface area contributed by atoms with Crippen LogP contribution in [0.25, 0.3) is 0 Å². The van der Waals surface area contributed by atoms with Gasteiger partial charge < -0.3 is 29.8 Å². The number of carboxylic acid groups (broad SMARTS) is 1. The van der Waals surface area contributed by atoms with Gasteiger partial charge in [-0.25, -0.2) is 18.2 Å². The van der Waals surface area contributed by atoms with Crippen molar-refractivity contribution in [1.82, 2.24) is 19.5 Å². The lowest BCUT2D eigenvalue weighted by Gasteiger charge is -2.42. The molecule has 0 spiro atoms.